The lowest BCUT2D eigenvalue weighted by molar-refractivity contribution is -0.115. The summed E-state index contributed by atoms with van der Waals surface area (Å²) < 4.78 is 12.8. The Bertz CT molecular complexity index is 683. The fraction of sp³-hybridized carbons (Fsp3) is 0.125. The summed E-state index contributed by atoms with van der Waals surface area (Å²) in [6, 6.07) is 11.3. The van der Waals surface area contributed by atoms with Gasteiger partial charge in [-0.05, 0) is 36.2 Å². The molecular formula is C16H15FN2OS. The van der Waals surface area contributed by atoms with Crippen LogP contribution in [0.25, 0.3) is 0 Å². The zero-order chi connectivity index (χ0) is 15.4. The van der Waals surface area contributed by atoms with Gasteiger partial charge in [0.15, 0.2) is 0 Å². The minimum Gasteiger partial charge on any atom is -0.389 e. The number of anilines is 1. The molecule has 0 aliphatic rings. The molecule has 0 fully saturated rings. The summed E-state index contributed by atoms with van der Waals surface area (Å²) in [6.07, 6.45) is 0.158. The van der Waals surface area contributed by atoms with Crippen LogP contribution in [0.3, 0.4) is 0 Å². The van der Waals surface area contributed by atoms with Crippen LogP contribution in [0.15, 0.2) is 42.5 Å². The summed E-state index contributed by atoms with van der Waals surface area (Å²) in [7, 11) is 0. The van der Waals surface area contributed by atoms with E-state index < -0.39 is 0 Å². The molecule has 0 aromatic heterocycles. The fourth-order valence-electron chi connectivity index (χ4n) is 2.08. The molecule has 0 bridgehead atoms. The van der Waals surface area contributed by atoms with Crippen molar-refractivity contribution < 1.29 is 9.18 Å². The number of amides is 1. The molecule has 2 aromatic rings. The van der Waals surface area contributed by atoms with Gasteiger partial charge in [0, 0.05) is 5.56 Å². The zero-order valence-electron chi connectivity index (χ0n) is 11.5. The summed E-state index contributed by atoms with van der Waals surface area (Å²) in [4.78, 5) is 12.3. The lowest BCUT2D eigenvalue weighted by atomic mass is 10.1. The van der Waals surface area contributed by atoms with Crippen LogP contribution in [0.4, 0.5) is 10.1 Å². The predicted octanol–water partition coefficient (Wildman–Crippen LogP) is 2.95. The largest absolute Gasteiger partial charge is 0.389 e. The van der Waals surface area contributed by atoms with Gasteiger partial charge in [0.1, 0.15) is 10.8 Å². The number of benzene rings is 2. The quantitative estimate of drug-likeness (QED) is 0.854. The summed E-state index contributed by atoms with van der Waals surface area (Å²) in [6.45, 7) is 1.88. The lowest BCUT2D eigenvalue weighted by Crippen LogP contribution is -2.19. The van der Waals surface area contributed by atoms with Crippen LogP contribution in [0.5, 0.6) is 0 Å². The molecule has 2 aromatic carbocycles. The summed E-state index contributed by atoms with van der Waals surface area (Å²) >= 11 is 5.02. The van der Waals surface area contributed by atoms with Gasteiger partial charge < -0.3 is 11.1 Å². The Balaban J connectivity index is 2.15. The average molecular weight is 302 g/mol. The Kier molecular flexibility index (Phi) is 4.65. The molecule has 0 spiro atoms. The molecule has 2 rings (SSSR count). The maximum Gasteiger partial charge on any atom is 0.228 e. The standard InChI is InChI=1S/C16H15FN2OS/c1-10-3-2-4-13(15(10)16(18)21)19-14(20)9-11-5-7-12(17)8-6-11/h2-8H,9H2,1H3,(H2,18,21)(H,19,20). The van der Waals surface area contributed by atoms with Gasteiger partial charge in [-0.3, -0.25) is 4.79 Å². The number of nitrogens with one attached hydrogen (secondary N) is 1. The Labute approximate surface area is 128 Å². The van der Waals surface area contributed by atoms with E-state index in [1.165, 1.54) is 12.1 Å². The van der Waals surface area contributed by atoms with Crippen LogP contribution in [-0.4, -0.2) is 10.9 Å². The van der Waals surface area contributed by atoms with E-state index in [1.807, 2.05) is 19.1 Å². The van der Waals surface area contributed by atoms with Gasteiger partial charge >= 0.3 is 0 Å². The molecule has 0 unspecified atom stereocenters. The van der Waals surface area contributed by atoms with Gasteiger partial charge in [-0.25, -0.2) is 4.39 Å². The van der Waals surface area contributed by atoms with Gasteiger partial charge in [0.2, 0.25) is 5.91 Å². The first-order valence-corrected chi connectivity index (χ1v) is 6.82. The Morgan fingerprint density at radius 2 is 1.90 bits per heavy atom. The van der Waals surface area contributed by atoms with Crippen molar-refractivity contribution in [3.8, 4) is 0 Å². The van der Waals surface area contributed by atoms with Crippen LogP contribution >= 0.6 is 12.2 Å². The van der Waals surface area contributed by atoms with E-state index in [1.54, 1.807) is 18.2 Å². The molecule has 0 heterocycles. The molecule has 1 amide bonds. The smallest absolute Gasteiger partial charge is 0.228 e. The highest BCUT2D eigenvalue weighted by atomic mass is 32.1. The van der Waals surface area contributed by atoms with Gasteiger partial charge in [0.05, 0.1) is 12.1 Å². The van der Waals surface area contributed by atoms with Crippen LogP contribution in [0.2, 0.25) is 0 Å². The number of rotatable bonds is 4. The number of aryl methyl sites for hydroxylation is 1. The Morgan fingerprint density at radius 1 is 1.24 bits per heavy atom. The number of carbonyl (C=O) groups excluding carboxylic acids is 1. The summed E-state index contributed by atoms with van der Waals surface area (Å²) in [5.74, 6) is -0.529. The van der Waals surface area contributed by atoms with Crippen LogP contribution in [0.1, 0.15) is 16.7 Å². The lowest BCUT2D eigenvalue weighted by Gasteiger charge is -2.12. The third-order valence-electron chi connectivity index (χ3n) is 3.07. The van der Waals surface area contributed by atoms with Gasteiger partial charge in [0.25, 0.3) is 0 Å². The number of nitrogens with two attached hydrogens (primary N) is 1. The van der Waals surface area contributed by atoms with Crippen molar-refractivity contribution in [1.82, 2.24) is 0 Å². The number of carbonyl (C=O) groups is 1. The molecule has 5 heteroatoms. The monoisotopic (exact) mass is 302 g/mol. The molecule has 21 heavy (non-hydrogen) atoms. The topological polar surface area (TPSA) is 55.1 Å². The highest BCUT2D eigenvalue weighted by Gasteiger charge is 2.11. The molecule has 0 aliphatic carbocycles. The number of hydrogen-bond acceptors (Lipinski definition) is 2. The maximum atomic E-state index is 12.8. The second-order valence-electron chi connectivity index (χ2n) is 4.71. The highest BCUT2D eigenvalue weighted by Crippen LogP contribution is 2.19. The van der Waals surface area contributed by atoms with Crippen LogP contribution in [-0.2, 0) is 11.2 Å². The zero-order valence-corrected chi connectivity index (χ0v) is 12.3. The molecule has 0 saturated heterocycles. The van der Waals surface area contributed by atoms with Crippen molar-refractivity contribution in [2.24, 2.45) is 5.73 Å². The molecule has 0 radical (unpaired) electrons. The Hall–Kier alpha value is -2.27. The van der Waals surface area contributed by atoms with E-state index in [2.05, 4.69) is 5.32 Å². The average Bonchev–Trinajstić information content (AvgIpc) is 2.41. The third-order valence-corrected chi connectivity index (χ3v) is 3.28. The molecule has 0 atom stereocenters. The highest BCUT2D eigenvalue weighted by molar-refractivity contribution is 7.80. The first-order valence-electron chi connectivity index (χ1n) is 6.41. The Morgan fingerprint density at radius 3 is 2.52 bits per heavy atom. The molecule has 3 nitrogen and oxygen atoms in total. The second-order valence-corrected chi connectivity index (χ2v) is 5.15. The van der Waals surface area contributed by atoms with E-state index in [0.717, 1.165) is 11.1 Å². The summed E-state index contributed by atoms with van der Waals surface area (Å²) in [5, 5.41) is 2.80. The van der Waals surface area contributed by atoms with E-state index >= 15 is 0 Å². The van der Waals surface area contributed by atoms with Crippen molar-refractivity contribution in [2.45, 2.75) is 13.3 Å². The second kappa shape index (κ2) is 6.45. The normalized spacial score (nSPS) is 10.2. The minimum atomic E-state index is -0.325. The van der Waals surface area contributed by atoms with E-state index in [9.17, 15) is 9.18 Å². The van der Waals surface area contributed by atoms with Gasteiger partial charge in [-0.1, -0.05) is 36.5 Å². The van der Waals surface area contributed by atoms with Crippen LogP contribution < -0.4 is 11.1 Å². The van der Waals surface area contributed by atoms with Crippen molar-refractivity contribution in [3.05, 3.63) is 65.0 Å². The predicted molar refractivity (Wildman–Crippen MR) is 85.8 cm³/mol. The van der Waals surface area contributed by atoms with Crippen molar-refractivity contribution in [2.75, 3.05) is 5.32 Å². The molecule has 0 aliphatic heterocycles. The maximum absolute atomic E-state index is 12.8. The SMILES string of the molecule is Cc1cccc(NC(=O)Cc2ccc(F)cc2)c1C(N)=S. The number of halogens is 1. The fourth-order valence-corrected chi connectivity index (χ4v) is 2.35. The number of hydrogen-bond donors (Lipinski definition) is 2. The van der Waals surface area contributed by atoms with Crippen molar-refractivity contribution in [3.63, 3.8) is 0 Å². The van der Waals surface area contributed by atoms with Gasteiger partial charge in [-0.15, -0.1) is 0 Å². The molecule has 3 N–H and O–H groups in total. The third kappa shape index (κ3) is 3.86. The molecule has 108 valence electrons. The summed E-state index contributed by atoms with van der Waals surface area (Å²) in [5.41, 5.74) is 8.60. The molecular weight excluding hydrogens is 287 g/mol. The number of thiocarbonyl (C=S) groups is 1. The molecule has 0 saturated carbocycles. The first kappa shape index (κ1) is 15.1. The van der Waals surface area contributed by atoms with Gasteiger partial charge in [-0.2, -0.15) is 0 Å². The van der Waals surface area contributed by atoms with E-state index in [4.69, 9.17) is 18.0 Å². The van der Waals surface area contributed by atoms with E-state index in [0.29, 0.717) is 11.3 Å². The van der Waals surface area contributed by atoms with E-state index in [-0.39, 0.29) is 23.1 Å². The van der Waals surface area contributed by atoms with Crippen molar-refractivity contribution >= 4 is 28.8 Å². The minimum absolute atomic E-state index is 0.158. The van der Waals surface area contributed by atoms with Crippen molar-refractivity contribution in [1.29, 1.82) is 0 Å². The van der Waals surface area contributed by atoms with Crippen LogP contribution in [0, 0.1) is 12.7 Å². The first-order chi connectivity index (χ1) is 9.97.